The van der Waals surface area contributed by atoms with Crippen LogP contribution < -0.4 is 5.73 Å². The van der Waals surface area contributed by atoms with Gasteiger partial charge < -0.3 is 5.73 Å². The molecule has 66 valence electrons. The second-order valence-electron chi connectivity index (χ2n) is 1.85. The number of nitrogens with zero attached hydrogens (tertiary/aromatic N) is 1. The maximum Gasteiger partial charge on any atom is 0.270 e. The van der Waals surface area contributed by atoms with Crippen LogP contribution >= 0.6 is 12.4 Å². The zero-order valence-corrected chi connectivity index (χ0v) is 6.57. The Bertz CT molecular complexity index is 306. The average Bonchev–Trinajstić information content (AvgIpc) is 1.85. The van der Waals surface area contributed by atoms with Crippen LogP contribution in [0.25, 0.3) is 0 Å². The van der Waals surface area contributed by atoms with Crippen LogP contribution in [0.3, 0.4) is 0 Å². The molecule has 3 nitrogen and oxygen atoms in total. The summed E-state index contributed by atoms with van der Waals surface area (Å²) in [4.78, 5) is 13.5. The van der Waals surface area contributed by atoms with E-state index in [1.54, 1.807) is 0 Å². The van der Waals surface area contributed by atoms with Gasteiger partial charge in [0.1, 0.15) is 5.82 Å². The summed E-state index contributed by atoms with van der Waals surface area (Å²) in [6, 6.07) is 0.549. The fourth-order valence-corrected chi connectivity index (χ4v) is 0.596. The molecule has 12 heavy (non-hydrogen) atoms. The lowest BCUT2D eigenvalue weighted by molar-refractivity contribution is 0.0991. The smallest absolute Gasteiger partial charge is 0.270 e. The third-order valence-corrected chi connectivity index (χ3v) is 1.04. The molecule has 1 aromatic rings. The number of nitrogens with two attached hydrogens (primary N) is 1. The summed E-state index contributed by atoms with van der Waals surface area (Å²) in [7, 11) is 0. The van der Waals surface area contributed by atoms with Crippen molar-refractivity contribution in [2.24, 2.45) is 5.73 Å². The van der Waals surface area contributed by atoms with E-state index in [0.29, 0.717) is 6.07 Å². The summed E-state index contributed by atoms with van der Waals surface area (Å²) in [5, 5.41) is 0. The zero-order chi connectivity index (χ0) is 8.43. The van der Waals surface area contributed by atoms with Gasteiger partial charge in [-0.2, -0.15) is 0 Å². The largest absolute Gasteiger partial charge is 0.364 e. The number of rotatable bonds is 1. The maximum absolute atomic E-state index is 12.5. The zero-order valence-electron chi connectivity index (χ0n) is 5.75. The first-order valence-electron chi connectivity index (χ1n) is 2.72. The molecule has 0 aliphatic rings. The minimum Gasteiger partial charge on any atom is -0.364 e. The third-order valence-electron chi connectivity index (χ3n) is 1.04. The van der Waals surface area contributed by atoms with Gasteiger partial charge in [0.25, 0.3) is 5.91 Å². The average molecular weight is 195 g/mol. The normalized spacial score (nSPS) is 8.83. The molecule has 0 bridgehead atoms. The van der Waals surface area contributed by atoms with Gasteiger partial charge in [0.15, 0.2) is 11.5 Å². The summed E-state index contributed by atoms with van der Waals surface area (Å²) >= 11 is 0. The molecular formula is C6H5ClF2N2O. The molecule has 1 rings (SSSR count). The fraction of sp³-hybridized carbons (Fsp3) is 0. The fourth-order valence-electron chi connectivity index (χ4n) is 0.596. The number of hydrogen-bond donors (Lipinski definition) is 1. The van der Waals surface area contributed by atoms with Crippen molar-refractivity contribution < 1.29 is 13.6 Å². The molecule has 1 heterocycles. The third kappa shape index (κ3) is 2.13. The topological polar surface area (TPSA) is 56.0 Å². The maximum atomic E-state index is 12.5. The van der Waals surface area contributed by atoms with Gasteiger partial charge in [-0.05, 0) is 0 Å². The number of aromatic nitrogens is 1. The molecule has 1 aromatic heterocycles. The van der Waals surface area contributed by atoms with Crippen molar-refractivity contribution >= 4 is 18.3 Å². The molecule has 2 N–H and O–H groups in total. The van der Waals surface area contributed by atoms with Gasteiger partial charge in [0.05, 0.1) is 6.20 Å². The molecular weight excluding hydrogens is 190 g/mol. The molecule has 0 aliphatic heterocycles. The summed E-state index contributed by atoms with van der Waals surface area (Å²) in [6.07, 6.45) is 0.725. The van der Waals surface area contributed by atoms with Crippen molar-refractivity contribution in [3.05, 3.63) is 29.6 Å². The van der Waals surface area contributed by atoms with Crippen molar-refractivity contribution in [2.75, 3.05) is 0 Å². The number of primary amides is 1. The highest BCUT2D eigenvalue weighted by Crippen LogP contribution is 2.04. The number of hydrogen-bond acceptors (Lipinski definition) is 2. The molecule has 0 saturated heterocycles. The molecule has 6 heteroatoms. The van der Waals surface area contributed by atoms with E-state index in [0.717, 1.165) is 6.20 Å². The van der Waals surface area contributed by atoms with E-state index in [9.17, 15) is 13.6 Å². The molecule has 0 atom stereocenters. The van der Waals surface area contributed by atoms with E-state index in [4.69, 9.17) is 5.73 Å². The Morgan fingerprint density at radius 1 is 1.50 bits per heavy atom. The Morgan fingerprint density at radius 3 is 2.50 bits per heavy atom. The van der Waals surface area contributed by atoms with Crippen LogP contribution in [-0.2, 0) is 0 Å². The van der Waals surface area contributed by atoms with Crippen molar-refractivity contribution in [1.29, 1.82) is 0 Å². The Balaban J connectivity index is 0.00000121. The van der Waals surface area contributed by atoms with E-state index < -0.39 is 23.2 Å². The standard InChI is InChI=1S/C6H4F2N2O.ClH/c7-3-1-4(8)5(6(9)11)10-2-3;/h1-2H,(H2,9,11);1H. The molecule has 1 amide bonds. The Labute approximate surface area is 73.0 Å². The first-order chi connectivity index (χ1) is 5.11. The predicted octanol–water partition coefficient (Wildman–Crippen LogP) is 0.881. The quantitative estimate of drug-likeness (QED) is 0.722. The number of amides is 1. The van der Waals surface area contributed by atoms with Crippen molar-refractivity contribution in [1.82, 2.24) is 4.98 Å². The molecule has 0 aromatic carbocycles. The number of carbonyl (C=O) groups is 1. The first kappa shape index (κ1) is 10.8. The van der Waals surface area contributed by atoms with Gasteiger partial charge in [-0.15, -0.1) is 12.4 Å². The van der Waals surface area contributed by atoms with Crippen molar-refractivity contribution in [3.8, 4) is 0 Å². The van der Waals surface area contributed by atoms with Crippen LogP contribution in [0, 0.1) is 11.6 Å². The minimum atomic E-state index is -1.04. The van der Waals surface area contributed by atoms with Gasteiger partial charge >= 0.3 is 0 Å². The first-order valence-corrected chi connectivity index (χ1v) is 2.72. The number of halogens is 3. The second kappa shape index (κ2) is 3.96. The molecule has 0 unspecified atom stereocenters. The predicted molar refractivity (Wildman–Crippen MR) is 39.9 cm³/mol. The summed E-state index contributed by atoms with van der Waals surface area (Å²) in [6.45, 7) is 0. The Kier molecular flexibility index (Phi) is 3.56. The van der Waals surface area contributed by atoms with E-state index in [1.165, 1.54) is 0 Å². The summed E-state index contributed by atoms with van der Waals surface area (Å²) < 4.78 is 24.7. The molecule has 0 fully saturated rings. The van der Waals surface area contributed by atoms with Crippen LogP contribution in [-0.4, -0.2) is 10.9 Å². The SMILES string of the molecule is Cl.NC(=O)c1ncc(F)cc1F. The van der Waals surface area contributed by atoms with Gasteiger partial charge in [-0.1, -0.05) is 0 Å². The number of pyridine rings is 1. The van der Waals surface area contributed by atoms with Crippen LogP contribution in [0.4, 0.5) is 8.78 Å². The number of carbonyl (C=O) groups excluding carboxylic acids is 1. The van der Waals surface area contributed by atoms with Gasteiger partial charge in [-0.3, -0.25) is 4.79 Å². The minimum absolute atomic E-state index is 0. The monoisotopic (exact) mass is 194 g/mol. The van der Waals surface area contributed by atoms with Crippen LogP contribution in [0.2, 0.25) is 0 Å². The van der Waals surface area contributed by atoms with Crippen LogP contribution in [0.1, 0.15) is 10.5 Å². The van der Waals surface area contributed by atoms with E-state index in [-0.39, 0.29) is 12.4 Å². The van der Waals surface area contributed by atoms with Crippen LogP contribution in [0.15, 0.2) is 12.3 Å². The van der Waals surface area contributed by atoms with Gasteiger partial charge in [0.2, 0.25) is 0 Å². The Hall–Kier alpha value is -1.23. The molecule has 0 radical (unpaired) electrons. The lowest BCUT2D eigenvalue weighted by atomic mass is 10.3. The van der Waals surface area contributed by atoms with Gasteiger partial charge in [0, 0.05) is 6.07 Å². The summed E-state index contributed by atoms with van der Waals surface area (Å²) in [5.74, 6) is -2.90. The van der Waals surface area contributed by atoms with Crippen molar-refractivity contribution in [2.45, 2.75) is 0 Å². The lowest BCUT2D eigenvalue weighted by Crippen LogP contribution is -2.15. The van der Waals surface area contributed by atoms with Crippen LogP contribution in [0.5, 0.6) is 0 Å². The highest BCUT2D eigenvalue weighted by molar-refractivity contribution is 5.90. The second-order valence-corrected chi connectivity index (χ2v) is 1.85. The molecule has 0 saturated carbocycles. The summed E-state index contributed by atoms with van der Waals surface area (Å²) in [5.41, 5.74) is 4.15. The highest BCUT2D eigenvalue weighted by Gasteiger charge is 2.09. The van der Waals surface area contributed by atoms with E-state index >= 15 is 0 Å². The van der Waals surface area contributed by atoms with Gasteiger partial charge in [-0.25, -0.2) is 13.8 Å². The Morgan fingerprint density at radius 2 is 2.08 bits per heavy atom. The molecule has 0 spiro atoms. The van der Waals surface area contributed by atoms with E-state index in [2.05, 4.69) is 4.98 Å². The highest BCUT2D eigenvalue weighted by atomic mass is 35.5. The lowest BCUT2D eigenvalue weighted by Gasteiger charge is -1.94. The molecule has 0 aliphatic carbocycles. The van der Waals surface area contributed by atoms with E-state index in [1.807, 2.05) is 0 Å². The van der Waals surface area contributed by atoms with Crippen molar-refractivity contribution in [3.63, 3.8) is 0 Å².